The Balaban J connectivity index is 2.57. The first-order valence-electron chi connectivity index (χ1n) is 4.28. The molecule has 1 aromatic rings. The van der Waals surface area contributed by atoms with Crippen LogP contribution in [0.1, 0.15) is 11.9 Å². The second-order valence-electron chi connectivity index (χ2n) is 3.22. The van der Waals surface area contributed by atoms with E-state index in [1.165, 1.54) is 11.3 Å². The molecule has 78 valence electrons. The van der Waals surface area contributed by atoms with E-state index in [1.54, 1.807) is 25.9 Å². The van der Waals surface area contributed by atoms with Crippen LogP contribution < -0.4 is 5.32 Å². The molecule has 0 fully saturated rings. The second kappa shape index (κ2) is 4.36. The highest BCUT2D eigenvalue weighted by Gasteiger charge is 2.15. The molecule has 0 aliphatic heterocycles. The van der Waals surface area contributed by atoms with Crippen LogP contribution in [-0.4, -0.2) is 41.1 Å². The quantitative estimate of drug-likeness (QED) is 0.806. The fraction of sp³-hybridized carbons (Fsp3) is 0.625. The lowest BCUT2D eigenvalue weighted by Gasteiger charge is -2.16. The Bertz CT molecular complexity index is 323. The van der Waals surface area contributed by atoms with Crippen LogP contribution in [0.4, 0.5) is 5.13 Å². The smallest absolute Gasteiger partial charge is 0.244 e. The molecular formula is C8H14N4OS. The summed E-state index contributed by atoms with van der Waals surface area (Å²) in [7, 11) is 3.46. The standard InChI is InChI=1S/C8H14N4OS/c1-5(7(13)12(3)4)9-8-11-10-6(2)14-8/h5H,1-4H3,(H,9,11)/t5-/m0/s1. The number of hydrogen-bond donors (Lipinski definition) is 1. The molecule has 0 saturated heterocycles. The van der Waals surface area contributed by atoms with Gasteiger partial charge in [-0.1, -0.05) is 11.3 Å². The zero-order chi connectivity index (χ0) is 10.7. The number of aromatic nitrogens is 2. The van der Waals surface area contributed by atoms with Crippen molar-refractivity contribution in [3.63, 3.8) is 0 Å². The van der Waals surface area contributed by atoms with Gasteiger partial charge in [0.15, 0.2) is 0 Å². The lowest BCUT2D eigenvalue weighted by molar-refractivity contribution is -0.129. The largest absolute Gasteiger partial charge is 0.349 e. The van der Waals surface area contributed by atoms with E-state index in [0.717, 1.165) is 5.01 Å². The topological polar surface area (TPSA) is 58.1 Å². The van der Waals surface area contributed by atoms with Crippen LogP contribution in [0.5, 0.6) is 0 Å². The van der Waals surface area contributed by atoms with Gasteiger partial charge in [0.2, 0.25) is 11.0 Å². The third-order valence-corrected chi connectivity index (χ3v) is 2.45. The molecule has 0 spiro atoms. The Morgan fingerprint density at radius 3 is 2.57 bits per heavy atom. The van der Waals surface area contributed by atoms with Crippen molar-refractivity contribution in [2.45, 2.75) is 19.9 Å². The van der Waals surface area contributed by atoms with E-state index in [0.29, 0.717) is 5.13 Å². The zero-order valence-electron chi connectivity index (χ0n) is 8.74. The molecule has 1 aromatic heterocycles. The van der Waals surface area contributed by atoms with E-state index in [9.17, 15) is 4.79 Å². The Morgan fingerprint density at radius 2 is 2.14 bits per heavy atom. The number of aryl methyl sites for hydroxylation is 1. The molecule has 1 N–H and O–H groups in total. The van der Waals surface area contributed by atoms with E-state index < -0.39 is 0 Å². The summed E-state index contributed by atoms with van der Waals surface area (Å²) in [4.78, 5) is 13.0. The highest BCUT2D eigenvalue weighted by atomic mass is 32.1. The molecule has 0 saturated carbocycles. The van der Waals surface area contributed by atoms with E-state index in [4.69, 9.17) is 0 Å². The van der Waals surface area contributed by atoms with Crippen LogP contribution in [0.15, 0.2) is 0 Å². The van der Waals surface area contributed by atoms with E-state index >= 15 is 0 Å². The van der Waals surface area contributed by atoms with Crippen LogP contribution in [0.2, 0.25) is 0 Å². The van der Waals surface area contributed by atoms with Gasteiger partial charge in [0, 0.05) is 14.1 Å². The molecule has 5 nitrogen and oxygen atoms in total. The number of nitrogens with zero attached hydrogens (tertiary/aromatic N) is 3. The lowest BCUT2D eigenvalue weighted by atomic mass is 10.3. The van der Waals surface area contributed by atoms with Gasteiger partial charge in [-0.15, -0.1) is 10.2 Å². The minimum Gasteiger partial charge on any atom is -0.349 e. The summed E-state index contributed by atoms with van der Waals surface area (Å²) in [5, 5.41) is 12.3. The number of amides is 1. The SMILES string of the molecule is Cc1nnc(N[C@@H](C)C(=O)N(C)C)s1. The summed E-state index contributed by atoms with van der Waals surface area (Å²) >= 11 is 1.44. The van der Waals surface area contributed by atoms with Gasteiger partial charge in [-0.3, -0.25) is 4.79 Å². The maximum Gasteiger partial charge on any atom is 0.244 e. The van der Waals surface area contributed by atoms with Crippen LogP contribution in [0.3, 0.4) is 0 Å². The van der Waals surface area contributed by atoms with E-state index in [-0.39, 0.29) is 11.9 Å². The maximum absolute atomic E-state index is 11.5. The van der Waals surface area contributed by atoms with E-state index in [2.05, 4.69) is 15.5 Å². The van der Waals surface area contributed by atoms with Crippen molar-refractivity contribution in [2.75, 3.05) is 19.4 Å². The molecule has 0 aliphatic rings. The van der Waals surface area contributed by atoms with Gasteiger partial charge in [0.05, 0.1) is 0 Å². The highest BCUT2D eigenvalue weighted by Crippen LogP contribution is 2.14. The first-order valence-corrected chi connectivity index (χ1v) is 5.10. The number of nitrogens with one attached hydrogen (secondary N) is 1. The fourth-order valence-electron chi connectivity index (χ4n) is 0.989. The summed E-state index contributed by atoms with van der Waals surface area (Å²) in [6.45, 7) is 3.68. The van der Waals surface area contributed by atoms with Crippen molar-refractivity contribution in [3.05, 3.63) is 5.01 Å². The Labute approximate surface area is 87.1 Å². The summed E-state index contributed by atoms with van der Waals surface area (Å²) in [5.74, 6) is 0.0258. The monoisotopic (exact) mass is 214 g/mol. The minimum atomic E-state index is -0.266. The molecule has 14 heavy (non-hydrogen) atoms. The molecule has 0 aliphatic carbocycles. The number of anilines is 1. The Morgan fingerprint density at radius 1 is 1.50 bits per heavy atom. The number of carbonyl (C=O) groups is 1. The predicted octanol–water partition coefficient (Wildman–Crippen LogP) is 0.735. The average Bonchev–Trinajstić information content (AvgIpc) is 2.49. The molecule has 1 rings (SSSR count). The first-order chi connectivity index (χ1) is 6.50. The maximum atomic E-state index is 11.5. The number of rotatable bonds is 3. The number of hydrogen-bond acceptors (Lipinski definition) is 5. The molecule has 6 heteroatoms. The van der Waals surface area contributed by atoms with Crippen molar-refractivity contribution in [3.8, 4) is 0 Å². The molecule has 1 atom stereocenters. The van der Waals surface area contributed by atoms with Crippen LogP contribution >= 0.6 is 11.3 Å². The van der Waals surface area contributed by atoms with Crippen molar-refractivity contribution >= 4 is 22.4 Å². The predicted molar refractivity (Wildman–Crippen MR) is 56.4 cm³/mol. The van der Waals surface area contributed by atoms with Gasteiger partial charge in [-0.25, -0.2) is 0 Å². The molecule has 0 aromatic carbocycles. The van der Waals surface area contributed by atoms with Crippen LogP contribution in [0.25, 0.3) is 0 Å². The van der Waals surface area contributed by atoms with Crippen LogP contribution in [-0.2, 0) is 4.79 Å². The minimum absolute atomic E-state index is 0.0258. The summed E-state index contributed by atoms with van der Waals surface area (Å²) in [6.07, 6.45) is 0. The molecule has 0 bridgehead atoms. The molecular weight excluding hydrogens is 200 g/mol. The van der Waals surface area contributed by atoms with Crippen molar-refractivity contribution in [1.82, 2.24) is 15.1 Å². The van der Waals surface area contributed by atoms with Gasteiger partial charge in [-0.05, 0) is 13.8 Å². The van der Waals surface area contributed by atoms with Gasteiger partial charge >= 0.3 is 0 Å². The van der Waals surface area contributed by atoms with E-state index in [1.807, 2.05) is 6.92 Å². The molecule has 0 radical (unpaired) electrons. The van der Waals surface area contributed by atoms with Gasteiger partial charge in [-0.2, -0.15) is 0 Å². The third kappa shape index (κ3) is 2.66. The first kappa shape index (κ1) is 10.9. The normalized spacial score (nSPS) is 12.3. The Hall–Kier alpha value is -1.17. The lowest BCUT2D eigenvalue weighted by Crippen LogP contribution is -2.36. The molecule has 0 unspecified atom stereocenters. The van der Waals surface area contributed by atoms with Crippen molar-refractivity contribution in [1.29, 1.82) is 0 Å². The number of likely N-dealkylation sites (N-methyl/N-ethyl adjacent to an activating group) is 1. The molecule has 1 heterocycles. The molecule has 1 amide bonds. The summed E-state index contributed by atoms with van der Waals surface area (Å²) in [6, 6.07) is -0.266. The second-order valence-corrected chi connectivity index (χ2v) is 4.41. The number of carbonyl (C=O) groups excluding carboxylic acids is 1. The summed E-state index contributed by atoms with van der Waals surface area (Å²) < 4.78 is 0. The van der Waals surface area contributed by atoms with Gasteiger partial charge in [0.25, 0.3) is 0 Å². The highest BCUT2D eigenvalue weighted by molar-refractivity contribution is 7.15. The van der Waals surface area contributed by atoms with Gasteiger partial charge < -0.3 is 10.2 Å². The third-order valence-electron chi connectivity index (χ3n) is 1.68. The Kier molecular flexibility index (Phi) is 3.40. The van der Waals surface area contributed by atoms with Gasteiger partial charge in [0.1, 0.15) is 11.0 Å². The summed E-state index contributed by atoms with van der Waals surface area (Å²) in [5.41, 5.74) is 0. The zero-order valence-corrected chi connectivity index (χ0v) is 9.55. The van der Waals surface area contributed by atoms with Crippen LogP contribution in [0, 0.1) is 6.92 Å². The average molecular weight is 214 g/mol. The van der Waals surface area contributed by atoms with Crippen molar-refractivity contribution < 1.29 is 4.79 Å². The fourth-order valence-corrected chi connectivity index (χ4v) is 1.67. The van der Waals surface area contributed by atoms with Crippen molar-refractivity contribution in [2.24, 2.45) is 0 Å².